The zero-order chi connectivity index (χ0) is 17.7. The summed E-state index contributed by atoms with van der Waals surface area (Å²) >= 11 is 1.40. The molecule has 1 amide bonds. The second-order valence-electron chi connectivity index (χ2n) is 5.57. The minimum atomic E-state index is -0.964. The lowest BCUT2D eigenvalue weighted by molar-refractivity contribution is -0.152. The van der Waals surface area contributed by atoms with E-state index in [1.165, 1.54) is 22.2 Å². The van der Waals surface area contributed by atoms with Crippen LogP contribution in [0.3, 0.4) is 0 Å². The van der Waals surface area contributed by atoms with Crippen LogP contribution >= 0.6 is 11.3 Å². The van der Waals surface area contributed by atoms with Gasteiger partial charge in [-0.05, 0) is 27.3 Å². The number of amides is 1. The van der Waals surface area contributed by atoms with E-state index in [-0.39, 0.29) is 5.91 Å². The van der Waals surface area contributed by atoms with Gasteiger partial charge in [-0.2, -0.15) is 5.10 Å². The van der Waals surface area contributed by atoms with Gasteiger partial charge < -0.3 is 15.8 Å². The molecule has 0 radical (unpaired) electrons. The molecule has 2 rings (SSSR count). The van der Waals surface area contributed by atoms with Crippen LogP contribution in [0, 0.1) is 0 Å². The molecule has 2 heterocycles. The predicted octanol–water partition coefficient (Wildman–Crippen LogP) is 1.39. The van der Waals surface area contributed by atoms with Crippen LogP contribution in [0.15, 0.2) is 17.8 Å². The van der Waals surface area contributed by atoms with Crippen LogP contribution in [0.4, 0.5) is 5.69 Å². The SMILES string of the molecule is CCOC(=O)C(C)(C)n1cc(NC(=O)c2csc(CCN)n2)cn1. The molecule has 8 nitrogen and oxygen atoms in total. The van der Waals surface area contributed by atoms with Crippen molar-refractivity contribution in [1.29, 1.82) is 0 Å². The maximum atomic E-state index is 12.2. The van der Waals surface area contributed by atoms with E-state index < -0.39 is 11.5 Å². The topological polar surface area (TPSA) is 112 Å². The zero-order valence-electron chi connectivity index (χ0n) is 13.9. The number of thiazole rings is 1. The number of hydrogen-bond acceptors (Lipinski definition) is 7. The smallest absolute Gasteiger partial charge is 0.333 e. The van der Waals surface area contributed by atoms with Crippen molar-refractivity contribution in [3.63, 3.8) is 0 Å². The van der Waals surface area contributed by atoms with Gasteiger partial charge >= 0.3 is 5.97 Å². The molecule has 0 atom stereocenters. The first-order valence-electron chi connectivity index (χ1n) is 7.56. The van der Waals surface area contributed by atoms with Gasteiger partial charge in [0.15, 0.2) is 5.54 Å². The summed E-state index contributed by atoms with van der Waals surface area (Å²) in [6, 6.07) is 0. The van der Waals surface area contributed by atoms with Crippen LogP contribution < -0.4 is 11.1 Å². The van der Waals surface area contributed by atoms with Crippen molar-refractivity contribution in [2.75, 3.05) is 18.5 Å². The number of carbonyl (C=O) groups is 2. The highest BCUT2D eigenvalue weighted by atomic mass is 32.1. The van der Waals surface area contributed by atoms with E-state index >= 15 is 0 Å². The second kappa shape index (κ2) is 7.54. The van der Waals surface area contributed by atoms with Crippen molar-refractivity contribution in [2.45, 2.75) is 32.7 Å². The summed E-state index contributed by atoms with van der Waals surface area (Å²) in [5.74, 6) is -0.722. The number of carbonyl (C=O) groups excluding carboxylic acids is 2. The van der Waals surface area contributed by atoms with Gasteiger partial charge in [0.25, 0.3) is 5.91 Å². The quantitative estimate of drug-likeness (QED) is 0.729. The summed E-state index contributed by atoms with van der Waals surface area (Å²) in [6.45, 7) is 5.92. The van der Waals surface area contributed by atoms with E-state index in [0.717, 1.165) is 5.01 Å². The van der Waals surface area contributed by atoms with Gasteiger partial charge in [0.1, 0.15) is 5.69 Å². The fraction of sp³-hybridized carbons (Fsp3) is 0.467. The summed E-state index contributed by atoms with van der Waals surface area (Å²) in [4.78, 5) is 28.4. The van der Waals surface area contributed by atoms with Gasteiger partial charge in [0, 0.05) is 18.0 Å². The standard InChI is InChI=1S/C15H21N5O3S/c1-4-23-14(22)15(2,3)20-8-10(7-17-20)18-13(21)11-9-24-12(19-11)5-6-16/h7-9H,4-6,16H2,1-3H3,(H,18,21). The Morgan fingerprint density at radius 2 is 2.21 bits per heavy atom. The Bertz CT molecular complexity index is 722. The van der Waals surface area contributed by atoms with Crippen molar-refractivity contribution in [3.05, 3.63) is 28.5 Å². The fourth-order valence-corrected chi connectivity index (χ4v) is 2.74. The van der Waals surface area contributed by atoms with E-state index in [4.69, 9.17) is 10.5 Å². The van der Waals surface area contributed by atoms with Crippen LogP contribution in [0.5, 0.6) is 0 Å². The summed E-state index contributed by atoms with van der Waals surface area (Å²) < 4.78 is 6.50. The third kappa shape index (κ3) is 3.98. The molecule has 24 heavy (non-hydrogen) atoms. The van der Waals surface area contributed by atoms with Gasteiger partial charge in [-0.15, -0.1) is 11.3 Å². The monoisotopic (exact) mass is 351 g/mol. The van der Waals surface area contributed by atoms with Gasteiger partial charge in [0.05, 0.1) is 23.5 Å². The number of aromatic nitrogens is 3. The number of rotatable bonds is 7. The van der Waals surface area contributed by atoms with Crippen LogP contribution in [-0.2, 0) is 21.5 Å². The van der Waals surface area contributed by atoms with Crippen molar-refractivity contribution in [2.24, 2.45) is 5.73 Å². The normalized spacial score (nSPS) is 11.3. The Kier molecular flexibility index (Phi) is 5.68. The molecule has 0 unspecified atom stereocenters. The van der Waals surface area contributed by atoms with E-state index in [2.05, 4.69) is 15.4 Å². The molecule has 0 spiro atoms. The molecule has 0 bridgehead atoms. The molecule has 130 valence electrons. The highest BCUT2D eigenvalue weighted by molar-refractivity contribution is 7.09. The molecule has 2 aromatic rings. The van der Waals surface area contributed by atoms with E-state index in [9.17, 15) is 9.59 Å². The molecular formula is C15H21N5O3S. The summed E-state index contributed by atoms with van der Waals surface area (Å²) in [5.41, 5.74) is 5.32. The lowest BCUT2D eigenvalue weighted by Gasteiger charge is -2.22. The summed E-state index contributed by atoms with van der Waals surface area (Å²) in [7, 11) is 0. The molecule has 0 saturated heterocycles. The average molecular weight is 351 g/mol. The first kappa shape index (κ1) is 18.1. The number of nitrogens with one attached hydrogen (secondary N) is 1. The molecule has 0 aliphatic heterocycles. The van der Waals surface area contributed by atoms with Gasteiger partial charge in [-0.1, -0.05) is 0 Å². The molecule has 3 N–H and O–H groups in total. The molecule has 0 saturated carbocycles. The summed E-state index contributed by atoms with van der Waals surface area (Å²) in [6.07, 6.45) is 3.71. The van der Waals surface area contributed by atoms with E-state index in [1.54, 1.807) is 32.3 Å². The lowest BCUT2D eigenvalue weighted by Crippen LogP contribution is -2.37. The van der Waals surface area contributed by atoms with E-state index in [0.29, 0.717) is 31.0 Å². The molecule has 2 aromatic heterocycles. The van der Waals surface area contributed by atoms with Gasteiger partial charge in [-0.25, -0.2) is 9.78 Å². The number of anilines is 1. The van der Waals surface area contributed by atoms with Crippen LogP contribution in [0.25, 0.3) is 0 Å². The molecule has 0 aromatic carbocycles. The number of ether oxygens (including phenoxy) is 1. The van der Waals surface area contributed by atoms with Crippen molar-refractivity contribution >= 4 is 28.9 Å². The zero-order valence-corrected chi connectivity index (χ0v) is 14.7. The third-order valence-corrected chi connectivity index (χ3v) is 4.24. The van der Waals surface area contributed by atoms with Crippen LogP contribution in [0.2, 0.25) is 0 Å². The number of hydrogen-bond donors (Lipinski definition) is 2. The van der Waals surface area contributed by atoms with Gasteiger partial charge in [-0.3, -0.25) is 9.48 Å². The molecule has 0 fully saturated rings. The second-order valence-corrected chi connectivity index (χ2v) is 6.52. The fourth-order valence-electron chi connectivity index (χ4n) is 1.94. The van der Waals surface area contributed by atoms with Crippen molar-refractivity contribution in [1.82, 2.24) is 14.8 Å². The third-order valence-electron chi connectivity index (χ3n) is 3.33. The highest BCUT2D eigenvalue weighted by Crippen LogP contribution is 2.19. The van der Waals surface area contributed by atoms with Gasteiger partial charge in [0.2, 0.25) is 0 Å². The number of esters is 1. The van der Waals surface area contributed by atoms with Crippen LogP contribution in [-0.4, -0.2) is 39.8 Å². The number of nitrogens with two attached hydrogens (primary N) is 1. The first-order chi connectivity index (χ1) is 11.4. The summed E-state index contributed by atoms with van der Waals surface area (Å²) in [5, 5.41) is 9.36. The molecule has 0 aliphatic rings. The molecule has 9 heteroatoms. The Hall–Kier alpha value is -2.26. The minimum Gasteiger partial charge on any atom is -0.464 e. The Morgan fingerprint density at radius 3 is 2.88 bits per heavy atom. The highest BCUT2D eigenvalue weighted by Gasteiger charge is 2.32. The average Bonchev–Trinajstić information content (AvgIpc) is 3.17. The first-order valence-corrected chi connectivity index (χ1v) is 8.44. The maximum Gasteiger partial charge on any atom is 0.333 e. The lowest BCUT2D eigenvalue weighted by atomic mass is 10.1. The number of nitrogens with zero attached hydrogens (tertiary/aromatic N) is 3. The maximum absolute atomic E-state index is 12.2. The van der Waals surface area contributed by atoms with Crippen LogP contribution in [0.1, 0.15) is 36.3 Å². The van der Waals surface area contributed by atoms with E-state index in [1.807, 2.05) is 0 Å². The Balaban J connectivity index is 2.07. The Labute approximate surface area is 144 Å². The molecule has 0 aliphatic carbocycles. The van der Waals surface area contributed by atoms with Crippen molar-refractivity contribution < 1.29 is 14.3 Å². The van der Waals surface area contributed by atoms with Crippen molar-refractivity contribution in [3.8, 4) is 0 Å². The molecular weight excluding hydrogens is 330 g/mol. The predicted molar refractivity (Wildman–Crippen MR) is 91.0 cm³/mol. The minimum absolute atomic E-state index is 0.294. The Morgan fingerprint density at radius 1 is 1.46 bits per heavy atom. The largest absolute Gasteiger partial charge is 0.464 e.